The lowest BCUT2D eigenvalue weighted by Crippen LogP contribution is -2.50. The third-order valence-electron chi connectivity index (χ3n) is 3.69. The summed E-state index contributed by atoms with van der Waals surface area (Å²) in [6, 6.07) is 4.61. The quantitative estimate of drug-likeness (QED) is 0.808. The molecule has 1 saturated heterocycles. The summed E-state index contributed by atoms with van der Waals surface area (Å²) in [5, 5.41) is 0.214. The zero-order valence-corrected chi connectivity index (χ0v) is 15.5. The van der Waals surface area contributed by atoms with Gasteiger partial charge in [0.05, 0.1) is 10.0 Å². The van der Waals surface area contributed by atoms with Gasteiger partial charge >= 0.3 is 0 Å². The molecule has 0 N–H and O–H groups in total. The Balaban J connectivity index is 2.12. The minimum absolute atomic E-state index is 0.0628. The Hall–Kier alpha value is -0.820. The van der Waals surface area contributed by atoms with Gasteiger partial charge in [-0.2, -0.15) is 4.31 Å². The van der Waals surface area contributed by atoms with E-state index in [0.717, 1.165) is 0 Å². The van der Waals surface area contributed by atoms with E-state index < -0.39 is 10.0 Å². The topological polar surface area (TPSA) is 57.7 Å². The van der Waals surface area contributed by atoms with Crippen molar-refractivity contribution in [1.82, 2.24) is 9.21 Å². The van der Waals surface area contributed by atoms with Crippen LogP contribution in [0.4, 0.5) is 0 Å². The van der Waals surface area contributed by atoms with Crippen molar-refractivity contribution < 1.29 is 13.2 Å². The molecule has 0 unspecified atom stereocenters. The number of piperazine rings is 1. The summed E-state index contributed by atoms with van der Waals surface area (Å²) in [6.07, 6.45) is 0.475. The smallest absolute Gasteiger partial charge is 0.246 e. The molecule has 1 amide bonds. The fourth-order valence-electron chi connectivity index (χ4n) is 2.51. The summed E-state index contributed by atoms with van der Waals surface area (Å²) in [5.74, 6) is 0.346. The predicted octanol–water partition coefficient (Wildman–Crippen LogP) is 2.87. The largest absolute Gasteiger partial charge is 0.340 e. The maximum Gasteiger partial charge on any atom is 0.246 e. The number of hydrogen-bond donors (Lipinski definition) is 0. The van der Waals surface area contributed by atoms with Crippen molar-refractivity contribution in [2.24, 2.45) is 5.92 Å². The fraction of sp³-hybridized carbons (Fsp3) is 0.533. The summed E-state index contributed by atoms with van der Waals surface area (Å²) in [5.41, 5.74) is 0. The molecule has 8 heteroatoms. The van der Waals surface area contributed by atoms with Crippen LogP contribution in [0.1, 0.15) is 20.3 Å². The third kappa shape index (κ3) is 4.18. The van der Waals surface area contributed by atoms with Crippen molar-refractivity contribution in [3.63, 3.8) is 0 Å². The lowest BCUT2D eigenvalue weighted by molar-refractivity contribution is -0.133. The molecule has 2 rings (SSSR count). The van der Waals surface area contributed by atoms with Crippen LogP contribution >= 0.6 is 23.2 Å². The van der Waals surface area contributed by atoms with Gasteiger partial charge in [0.1, 0.15) is 4.90 Å². The van der Waals surface area contributed by atoms with Crippen LogP contribution in [0.15, 0.2) is 23.1 Å². The van der Waals surface area contributed by atoms with Crippen molar-refractivity contribution in [2.75, 3.05) is 26.2 Å². The van der Waals surface area contributed by atoms with Crippen LogP contribution in [0.25, 0.3) is 0 Å². The molecule has 1 aliphatic rings. The van der Waals surface area contributed by atoms with E-state index >= 15 is 0 Å². The second kappa shape index (κ2) is 7.38. The van der Waals surface area contributed by atoms with E-state index in [1.54, 1.807) is 11.0 Å². The summed E-state index contributed by atoms with van der Waals surface area (Å²) < 4.78 is 26.8. The summed E-state index contributed by atoms with van der Waals surface area (Å²) in [7, 11) is -3.76. The number of nitrogens with zero attached hydrogens (tertiary/aromatic N) is 2. The van der Waals surface area contributed by atoms with Gasteiger partial charge in [0.25, 0.3) is 0 Å². The van der Waals surface area contributed by atoms with E-state index in [-0.39, 0.29) is 39.9 Å². The number of rotatable bonds is 4. The number of halogens is 2. The first kappa shape index (κ1) is 18.5. The van der Waals surface area contributed by atoms with Gasteiger partial charge in [0.2, 0.25) is 15.9 Å². The van der Waals surface area contributed by atoms with Gasteiger partial charge in [-0.3, -0.25) is 4.79 Å². The highest BCUT2D eigenvalue weighted by Crippen LogP contribution is 2.31. The highest BCUT2D eigenvalue weighted by molar-refractivity contribution is 7.89. The van der Waals surface area contributed by atoms with Gasteiger partial charge in [-0.25, -0.2) is 8.42 Å². The molecule has 0 bridgehead atoms. The second-order valence-corrected chi connectivity index (χ2v) is 8.62. The number of carbonyl (C=O) groups is 1. The Morgan fingerprint density at radius 1 is 1.13 bits per heavy atom. The van der Waals surface area contributed by atoms with Gasteiger partial charge in [0, 0.05) is 32.6 Å². The van der Waals surface area contributed by atoms with E-state index in [2.05, 4.69) is 0 Å². The molecule has 1 heterocycles. The molecule has 1 aromatic rings. The monoisotopic (exact) mass is 378 g/mol. The van der Waals surface area contributed by atoms with E-state index in [1.165, 1.54) is 16.4 Å². The summed E-state index contributed by atoms with van der Waals surface area (Å²) >= 11 is 12.0. The molecular weight excluding hydrogens is 359 g/mol. The highest BCUT2D eigenvalue weighted by Gasteiger charge is 2.32. The molecule has 0 aliphatic carbocycles. The molecule has 23 heavy (non-hydrogen) atoms. The van der Waals surface area contributed by atoms with Gasteiger partial charge in [0.15, 0.2) is 0 Å². The minimum atomic E-state index is -3.76. The fourth-order valence-corrected chi connectivity index (χ4v) is 5.03. The summed E-state index contributed by atoms with van der Waals surface area (Å²) in [4.78, 5) is 13.7. The normalized spacial score (nSPS) is 16.8. The SMILES string of the molecule is CC(C)CC(=O)N1CCN(S(=O)(=O)c2c(Cl)cccc2Cl)CC1. The second-order valence-electron chi connectivity index (χ2n) is 5.93. The molecule has 0 radical (unpaired) electrons. The van der Waals surface area contributed by atoms with E-state index in [4.69, 9.17) is 23.2 Å². The molecule has 0 aromatic heterocycles. The lowest BCUT2D eigenvalue weighted by atomic mass is 10.1. The Bertz CT molecular complexity index is 664. The Labute approximate surface area is 147 Å². The molecule has 0 saturated carbocycles. The van der Waals surface area contributed by atoms with Crippen LogP contribution in [0.2, 0.25) is 10.0 Å². The predicted molar refractivity (Wildman–Crippen MR) is 91.3 cm³/mol. The Kier molecular flexibility index (Phi) is 5.94. The molecule has 1 fully saturated rings. The molecule has 1 aromatic carbocycles. The standard InChI is InChI=1S/C15H20Cl2N2O3S/c1-11(2)10-14(20)18-6-8-19(9-7-18)23(21,22)15-12(16)4-3-5-13(15)17/h3-5,11H,6-10H2,1-2H3. The van der Waals surface area contributed by atoms with Crippen LogP contribution < -0.4 is 0 Å². The van der Waals surface area contributed by atoms with E-state index in [1.807, 2.05) is 13.8 Å². The zero-order valence-electron chi connectivity index (χ0n) is 13.1. The Morgan fingerprint density at radius 3 is 2.13 bits per heavy atom. The minimum Gasteiger partial charge on any atom is -0.340 e. The number of amides is 1. The van der Waals surface area contributed by atoms with Gasteiger partial charge in [-0.1, -0.05) is 43.1 Å². The van der Waals surface area contributed by atoms with Crippen LogP contribution in [0.3, 0.4) is 0 Å². The van der Waals surface area contributed by atoms with E-state index in [0.29, 0.717) is 19.5 Å². The zero-order chi connectivity index (χ0) is 17.2. The molecule has 5 nitrogen and oxygen atoms in total. The van der Waals surface area contributed by atoms with Crippen molar-refractivity contribution in [2.45, 2.75) is 25.2 Å². The van der Waals surface area contributed by atoms with Gasteiger partial charge < -0.3 is 4.90 Å². The number of hydrogen-bond acceptors (Lipinski definition) is 3. The molecule has 128 valence electrons. The number of carbonyl (C=O) groups excluding carboxylic acids is 1. The number of benzene rings is 1. The molecule has 1 aliphatic heterocycles. The average Bonchev–Trinajstić information content (AvgIpc) is 2.46. The van der Waals surface area contributed by atoms with Crippen LogP contribution in [0, 0.1) is 5.92 Å². The van der Waals surface area contributed by atoms with Crippen molar-refractivity contribution in [1.29, 1.82) is 0 Å². The van der Waals surface area contributed by atoms with Gasteiger partial charge in [-0.15, -0.1) is 0 Å². The first-order valence-corrected chi connectivity index (χ1v) is 9.65. The van der Waals surface area contributed by atoms with Crippen LogP contribution in [-0.4, -0.2) is 49.7 Å². The third-order valence-corrected chi connectivity index (χ3v) is 6.55. The molecular formula is C15H20Cl2N2O3S. The highest BCUT2D eigenvalue weighted by atomic mass is 35.5. The van der Waals surface area contributed by atoms with Crippen molar-refractivity contribution >= 4 is 39.1 Å². The Morgan fingerprint density at radius 2 is 1.65 bits per heavy atom. The summed E-state index contributed by atoms with van der Waals surface area (Å²) in [6.45, 7) is 5.22. The lowest BCUT2D eigenvalue weighted by Gasteiger charge is -2.34. The van der Waals surface area contributed by atoms with E-state index in [9.17, 15) is 13.2 Å². The van der Waals surface area contributed by atoms with Crippen LogP contribution in [0.5, 0.6) is 0 Å². The average molecular weight is 379 g/mol. The van der Waals surface area contributed by atoms with Crippen molar-refractivity contribution in [3.05, 3.63) is 28.2 Å². The van der Waals surface area contributed by atoms with Crippen molar-refractivity contribution in [3.8, 4) is 0 Å². The van der Waals surface area contributed by atoms with Gasteiger partial charge in [-0.05, 0) is 18.1 Å². The van der Waals surface area contributed by atoms with Crippen LogP contribution in [-0.2, 0) is 14.8 Å². The molecule has 0 spiro atoms. The first-order chi connectivity index (χ1) is 10.7. The maximum absolute atomic E-state index is 12.7. The molecule has 0 atom stereocenters. The number of sulfonamides is 1. The maximum atomic E-state index is 12.7. The first-order valence-electron chi connectivity index (χ1n) is 7.45.